The Morgan fingerprint density at radius 2 is 1.94 bits per heavy atom. The number of hydrogen-bond acceptors (Lipinski definition) is 3. The minimum absolute atomic E-state index is 0.267. The number of H-pyrrole nitrogens is 1. The molecule has 1 amide bonds. The molecule has 1 fully saturated rings. The first kappa shape index (κ1) is 20.8. The van der Waals surface area contributed by atoms with E-state index in [0.717, 1.165) is 17.2 Å². The Bertz CT molecular complexity index is 1230. The highest BCUT2D eigenvalue weighted by molar-refractivity contribution is 14.2. The molecule has 2 aliphatic heterocycles. The zero-order valence-corrected chi connectivity index (χ0v) is 19.2. The predicted octanol–water partition coefficient (Wildman–Crippen LogP) is 5.08. The molecule has 158 valence electrons. The summed E-state index contributed by atoms with van der Waals surface area (Å²) in [5.41, 5.74) is 3.91. The van der Waals surface area contributed by atoms with E-state index in [2.05, 4.69) is 28.3 Å². The third-order valence-corrected chi connectivity index (χ3v) is 6.81. The van der Waals surface area contributed by atoms with Gasteiger partial charge in [0, 0.05) is 56.7 Å². The molecule has 4 nitrogen and oxygen atoms in total. The van der Waals surface area contributed by atoms with Gasteiger partial charge < -0.3 is 14.6 Å². The number of aromatic nitrogens is 1. The highest BCUT2D eigenvalue weighted by Crippen LogP contribution is 2.40. The molecule has 1 atom stereocenters. The number of hydrogen-bond donors (Lipinski definition) is 1. The summed E-state index contributed by atoms with van der Waals surface area (Å²) in [6, 6.07) is 9.87. The van der Waals surface area contributed by atoms with Gasteiger partial charge in [-0.1, -0.05) is 24.3 Å². The van der Waals surface area contributed by atoms with Crippen LogP contribution in [-0.4, -0.2) is 35.5 Å². The summed E-state index contributed by atoms with van der Waals surface area (Å²) in [6.45, 7) is 1.85. The van der Waals surface area contributed by atoms with Crippen LogP contribution in [0, 0.1) is 22.8 Å². The van der Waals surface area contributed by atoms with Crippen LogP contribution in [0.2, 0.25) is 0 Å². The standard InChI is InChI=1S/C23H17F2IN2O2S/c24-16-9-18-17-5-7-28(20(29)6-8-31-26)23(22(17)27-21(18)19(25)10-16)14-3-1-13(2-4-14)15-11-30-12-15/h1-4,9-10,15,23,27H,5,7,11-12H2. The highest BCUT2D eigenvalue weighted by atomic mass is 127. The lowest BCUT2D eigenvalue weighted by Gasteiger charge is -2.35. The quantitative estimate of drug-likeness (QED) is 0.358. The molecule has 1 N–H and O–H groups in total. The average Bonchev–Trinajstić information content (AvgIpc) is 3.10. The van der Waals surface area contributed by atoms with Crippen molar-refractivity contribution >= 4 is 46.9 Å². The van der Waals surface area contributed by atoms with Crippen LogP contribution in [0.5, 0.6) is 0 Å². The summed E-state index contributed by atoms with van der Waals surface area (Å²) in [5.74, 6) is 1.52. The molecule has 8 heteroatoms. The molecule has 0 saturated carbocycles. The lowest BCUT2D eigenvalue weighted by molar-refractivity contribution is -0.127. The summed E-state index contributed by atoms with van der Waals surface area (Å²) in [6.07, 6.45) is 0.497. The van der Waals surface area contributed by atoms with E-state index >= 15 is 0 Å². The fraction of sp³-hybridized carbons (Fsp3) is 0.261. The van der Waals surface area contributed by atoms with Gasteiger partial charge in [-0.3, -0.25) is 4.79 Å². The van der Waals surface area contributed by atoms with Crippen molar-refractivity contribution in [3.8, 4) is 11.2 Å². The zero-order valence-electron chi connectivity index (χ0n) is 16.3. The normalized spacial score (nSPS) is 18.3. The number of amides is 1. The maximum atomic E-state index is 14.5. The van der Waals surface area contributed by atoms with Gasteiger partial charge in [0.05, 0.1) is 24.8 Å². The molecular weight excluding hydrogens is 533 g/mol. The zero-order chi connectivity index (χ0) is 21.5. The van der Waals surface area contributed by atoms with Gasteiger partial charge in [0.1, 0.15) is 11.6 Å². The molecule has 1 unspecified atom stereocenters. The molecule has 0 bridgehead atoms. The topological polar surface area (TPSA) is 45.3 Å². The number of rotatable bonds is 2. The molecule has 0 spiro atoms. The summed E-state index contributed by atoms with van der Waals surface area (Å²) < 4.78 is 33.7. The molecule has 2 aromatic carbocycles. The third-order valence-electron chi connectivity index (χ3n) is 5.97. The van der Waals surface area contributed by atoms with Crippen LogP contribution in [-0.2, 0) is 16.0 Å². The molecule has 3 aromatic rings. The van der Waals surface area contributed by atoms with Gasteiger partial charge in [-0.25, -0.2) is 8.78 Å². The first-order valence-electron chi connectivity index (χ1n) is 9.83. The van der Waals surface area contributed by atoms with E-state index in [1.54, 1.807) is 4.90 Å². The van der Waals surface area contributed by atoms with E-state index in [4.69, 9.17) is 4.74 Å². The van der Waals surface area contributed by atoms with Crippen LogP contribution < -0.4 is 0 Å². The van der Waals surface area contributed by atoms with E-state index in [1.807, 2.05) is 33.3 Å². The summed E-state index contributed by atoms with van der Waals surface area (Å²) in [7, 11) is 1.25. The van der Waals surface area contributed by atoms with E-state index < -0.39 is 17.7 Å². The minimum atomic E-state index is -0.637. The Morgan fingerprint density at radius 1 is 1.19 bits per heavy atom. The number of carbonyl (C=O) groups is 1. The number of nitrogens with one attached hydrogen (secondary N) is 1. The fourth-order valence-corrected chi connectivity index (χ4v) is 4.85. The van der Waals surface area contributed by atoms with Gasteiger partial charge in [0.15, 0.2) is 0 Å². The van der Waals surface area contributed by atoms with Gasteiger partial charge in [-0.05, 0) is 43.4 Å². The van der Waals surface area contributed by atoms with E-state index in [1.165, 1.54) is 20.6 Å². The number of benzene rings is 2. The van der Waals surface area contributed by atoms with Crippen molar-refractivity contribution in [3.63, 3.8) is 0 Å². The van der Waals surface area contributed by atoms with E-state index in [-0.39, 0.29) is 11.4 Å². The Labute approximate surface area is 194 Å². The van der Waals surface area contributed by atoms with Gasteiger partial charge in [0.25, 0.3) is 5.91 Å². The Balaban J connectivity index is 1.63. The van der Waals surface area contributed by atoms with Gasteiger partial charge >= 0.3 is 0 Å². The van der Waals surface area contributed by atoms with Crippen LogP contribution in [0.4, 0.5) is 8.78 Å². The number of ether oxygens (including phenoxy) is 1. The largest absolute Gasteiger partial charge is 0.380 e. The van der Waals surface area contributed by atoms with Crippen molar-refractivity contribution in [3.05, 3.63) is 70.4 Å². The number of fused-ring (bicyclic) bond motifs is 3. The fourth-order valence-electron chi connectivity index (χ4n) is 4.39. The Morgan fingerprint density at radius 3 is 2.61 bits per heavy atom. The van der Waals surface area contributed by atoms with Crippen molar-refractivity contribution in [2.45, 2.75) is 18.4 Å². The van der Waals surface area contributed by atoms with Gasteiger partial charge in [0.2, 0.25) is 0 Å². The van der Waals surface area contributed by atoms with Crippen molar-refractivity contribution < 1.29 is 18.3 Å². The van der Waals surface area contributed by atoms with Crippen LogP contribution in [0.1, 0.15) is 34.3 Å². The van der Waals surface area contributed by atoms with Crippen molar-refractivity contribution in [2.24, 2.45) is 0 Å². The molecule has 3 heterocycles. The van der Waals surface area contributed by atoms with Gasteiger partial charge in [-0.2, -0.15) is 0 Å². The van der Waals surface area contributed by atoms with Crippen molar-refractivity contribution in [1.82, 2.24) is 9.88 Å². The maximum Gasteiger partial charge on any atom is 0.300 e. The molecule has 0 aliphatic carbocycles. The first-order chi connectivity index (χ1) is 15.1. The van der Waals surface area contributed by atoms with Crippen LogP contribution in [0.15, 0.2) is 36.4 Å². The van der Waals surface area contributed by atoms with Crippen LogP contribution >= 0.6 is 30.1 Å². The maximum absolute atomic E-state index is 14.5. The monoisotopic (exact) mass is 550 g/mol. The van der Waals surface area contributed by atoms with Crippen LogP contribution in [0.25, 0.3) is 10.9 Å². The van der Waals surface area contributed by atoms with Crippen molar-refractivity contribution in [1.29, 1.82) is 0 Å². The molecule has 0 radical (unpaired) electrons. The smallest absolute Gasteiger partial charge is 0.300 e. The second-order valence-corrected chi connectivity index (χ2v) is 9.36. The Hall–Kier alpha value is -2.09. The molecule has 1 saturated heterocycles. The lowest BCUT2D eigenvalue weighted by Crippen LogP contribution is -2.40. The summed E-state index contributed by atoms with van der Waals surface area (Å²) in [5, 5.41) is 3.28. The summed E-state index contributed by atoms with van der Waals surface area (Å²) >= 11 is 2.02. The van der Waals surface area contributed by atoms with Crippen molar-refractivity contribution in [2.75, 3.05) is 19.8 Å². The molecule has 2 aliphatic rings. The molecule has 5 rings (SSSR count). The van der Waals surface area contributed by atoms with E-state index in [0.29, 0.717) is 43.2 Å². The number of aromatic amines is 1. The average molecular weight is 550 g/mol. The first-order valence-corrected chi connectivity index (χ1v) is 13.2. The second kappa shape index (κ2) is 8.45. The molecule has 31 heavy (non-hydrogen) atoms. The van der Waals surface area contributed by atoms with Gasteiger partial charge in [-0.15, -0.1) is 0 Å². The Kier molecular flexibility index (Phi) is 5.67. The third kappa shape index (κ3) is 3.73. The minimum Gasteiger partial charge on any atom is -0.380 e. The van der Waals surface area contributed by atoms with E-state index in [9.17, 15) is 13.6 Å². The predicted molar refractivity (Wildman–Crippen MR) is 125 cm³/mol. The number of nitrogens with zero attached hydrogens (tertiary/aromatic N) is 1. The molecule has 1 aromatic heterocycles. The second-order valence-electron chi connectivity index (χ2n) is 7.68. The lowest BCUT2D eigenvalue weighted by atomic mass is 9.90. The molecular formula is C23H17F2IN2O2S. The number of carbonyl (C=O) groups excluding carboxylic acids is 1. The summed E-state index contributed by atoms with van der Waals surface area (Å²) in [4.78, 5) is 17.7. The SMILES string of the molecule is O=C(C#CSI)N1CCc2c([nH]c3c(F)cc(F)cc23)C1c1ccc(C2COC2)cc1. The van der Waals surface area contributed by atoms with Crippen LogP contribution in [0.3, 0.4) is 0 Å². The number of halogens is 3. The highest BCUT2D eigenvalue weighted by Gasteiger charge is 2.35.